The van der Waals surface area contributed by atoms with Crippen molar-refractivity contribution in [2.75, 3.05) is 13.2 Å². The van der Waals surface area contributed by atoms with Crippen LogP contribution in [0.3, 0.4) is 0 Å². The van der Waals surface area contributed by atoms with E-state index in [-0.39, 0.29) is 24.5 Å². The molecule has 3 unspecified atom stereocenters. The molecule has 1 saturated carbocycles. The predicted octanol–water partition coefficient (Wildman–Crippen LogP) is 0.0512. The fourth-order valence-corrected chi connectivity index (χ4v) is 2.04. The summed E-state index contributed by atoms with van der Waals surface area (Å²) in [6.45, 7) is 0.887. The molecule has 13 heavy (non-hydrogen) atoms. The van der Waals surface area contributed by atoms with E-state index >= 15 is 0 Å². The van der Waals surface area contributed by atoms with Gasteiger partial charge < -0.3 is 10.1 Å². The maximum Gasteiger partial charge on any atom is 0.226 e. The maximum atomic E-state index is 11.4. The average molecular weight is 180 g/mol. The molecule has 0 spiro atoms. The lowest BCUT2D eigenvalue weighted by Gasteiger charge is -2.07. The quantitative estimate of drug-likeness (QED) is 0.611. The Morgan fingerprint density at radius 1 is 1.69 bits per heavy atom. The van der Waals surface area contributed by atoms with Crippen molar-refractivity contribution in [2.45, 2.75) is 18.9 Å². The normalized spacial score (nSPS) is 35.8. The highest BCUT2D eigenvalue weighted by Gasteiger charge is 2.56. The van der Waals surface area contributed by atoms with Crippen LogP contribution in [0, 0.1) is 23.2 Å². The number of carbonyl (C=O) groups is 1. The van der Waals surface area contributed by atoms with Gasteiger partial charge in [-0.25, -0.2) is 0 Å². The number of amides is 1. The third-order valence-corrected chi connectivity index (χ3v) is 2.73. The van der Waals surface area contributed by atoms with E-state index in [9.17, 15) is 4.79 Å². The number of ether oxygens (including phenoxy) is 1. The van der Waals surface area contributed by atoms with Gasteiger partial charge in [-0.05, 0) is 12.8 Å². The summed E-state index contributed by atoms with van der Waals surface area (Å²) in [5.41, 5.74) is 0. The summed E-state index contributed by atoms with van der Waals surface area (Å²) < 4.78 is 5.42. The lowest BCUT2D eigenvalue weighted by molar-refractivity contribution is -0.123. The first-order valence-corrected chi connectivity index (χ1v) is 4.61. The Kier molecular flexibility index (Phi) is 2.19. The molecule has 0 bridgehead atoms. The predicted molar refractivity (Wildman–Crippen MR) is 44.6 cm³/mol. The molecule has 1 amide bonds. The molecule has 0 aromatic heterocycles. The second-order valence-electron chi connectivity index (χ2n) is 3.54. The van der Waals surface area contributed by atoms with E-state index in [0.717, 1.165) is 19.4 Å². The number of nitrogens with one attached hydrogen (secondary N) is 1. The number of hydrogen-bond acceptors (Lipinski definition) is 3. The Balaban J connectivity index is 1.83. The molecule has 1 aliphatic heterocycles. The minimum Gasteiger partial charge on any atom is -0.377 e. The van der Waals surface area contributed by atoms with E-state index in [0.29, 0.717) is 5.92 Å². The molecule has 4 heteroatoms. The van der Waals surface area contributed by atoms with Gasteiger partial charge in [-0.3, -0.25) is 4.79 Å². The van der Waals surface area contributed by atoms with E-state index in [1.54, 1.807) is 0 Å². The summed E-state index contributed by atoms with van der Waals surface area (Å²) in [7, 11) is 0. The number of hydrogen-bond donors (Lipinski definition) is 1. The van der Waals surface area contributed by atoms with Gasteiger partial charge in [0.1, 0.15) is 6.54 Å². The molecular formula is C9H12N2O2. The van der Waals surface area contributed by atoms with E-state index < -0.39 is 0 Å². The van der Waals surface area contributed by atoms with E-state index in [1.807, 2.05) is 6.07 Å². The lowest BCUT2D eigenvalue weighted by atomic mass is 10.2. The van der Waals surface area contributed by atoms with Crippen molar-refractivity contribution in [2.24, 2.45) is 11.8 Å². The molecule has 2 rings (SSSR count). The molecule has 1 saturated heterocycles. The maximum absolute atomic E-state index is 11.4. The standard InChI is InChI=1S/C9H12N2O2/c10-3-4-11-9(12)7-6-2-1-5-13-8(6)7/h6-8H,1-2,4-5H2,(H,11,12). The average Bonchev–Trinajstić information content (AvgIpc) is 2.88. The monoisotopic (exact) mass is 180 g/mol. The van der Waals surface area contributed by atoms with Crippen molar-refractivity contribution in [1.82, 2.24) is 5.32 Å². The van der Waals surface area contributed by atoms with Gasteiger partial charge in [0.15, 0.2) is 0 Å². The van der Waals surface area contributed by atoms with Crippen LogP contribution < -0.4 is 5.32 Å². The zero-order chi connectivity index (χ0) is 9.26. The molecule has 0 aromatic carbocycles. The van der Waals surface area contributed by atoms with Crippen LogP contribution in [0.15, 0.2) is 0 Å². The third kappa shape index (κ3) is 1.52. The number of nitrogens with zero attached hydrogens (tertiary/aromatic N) is 1. The van der Waals surface area contributed by atoms with Gasteiger partial charge in [-0.1, -0.05) is 0 Å². The third-order valence-electron chi connectivity index (χ3n) is 2.73. The SMILES string of the molecule is N#CCNC(=O)C1C2CCCOC21. The molecule has 1 N–H and O–H groups in total. The van der Waals surface area contributed by atoms with Gasteiger partial charge in [0, 0.05) is 12.5 Å². The van der Waals surface area contributed by atoms with Gasteiger partial charge in [0.05, 0.1) is 18.1 Å². The number of nitriles is 1. The van der Waals surface area contributed by atoms with Gasteiger partial charge in [0.25, 0.3) is 0 Å². The van der Waals surface area contributed by atoms with Crippen LogP contribution in [-0.4, -0.2) is 25.2 Å². The minimum atomic E-state index is -0.0153. The Morgan fingerprint density at radius 2 is 2.54 bits per heavy atom. The zero-order valence-electron chi connectivity index (χ0n) is 7.32. The molecule has 1 heterocycles. The van der Waals surface area contributed by atoms with Crippen LogP contribution in [0.1, 0.15) is 12.8 Å². The van der Waals surface area contributed by atoms with Gasteiger partial charge in [0.2, 0.25) is 5.91 Å². The van der Waals surface area contributed by atoms with Crippen LogP contribution >= 0.6 is 0 Å². The van der Waals surface area contributed by atoms with Gasteiger partial charge in [-0.15, -0.1) is 0 Å². The number of fused-ring (bicyclic) bond motifs is 1. The highest BCUT2D eigenvalue weighted by Crippen LogP contribution is 2.47. The van der Waals surface area contributed by atoms with Gasteiger partial charge in [-0.2, -0.15) is 5.26 Å². The number of rotatable bonds is 2. The Labute approximate surface area is 76.9 Å². The molecule has 3 atom stereocenters. The van der Waals surface area contributed by atoms with Crippen molar-refractivity contribution in [3.8, 4) is 6.07 Å². The molecule has 2 fully saturated rings. The molecule has 0 radical (unpaired) electrons. The summed E-state index contributed by atoms with van der Waals surface area (Å²) >= 11 is 0. The first-order chi connectivity index (χ1) is 6.34. The largest absolute Gasteiger partial charge is 0.377 e. The summed E-state index contributed by atoms with van der Waals surface area (Å²) in [5, 5.41) is 10.9. The van der Waals surface area contributed by atoms with Crippen LogP contribution in [-0.2, 0) is 9.53 Å². The summed E-state index contributed by atoms with van der Waals surface area (Å²) in [5.74, 6) is 0.432. The van der Waals surface area contributed by atoms with Crippen molar-refractivity contribution in [1.29, 1.82) is 5.26 Å². The van der Waals surface area contributed by atoms with E-state index in [2.05, 4.69) is 5.32 Å². The van der Waals surface area contributed by atoms with Crippen molar-refractivity contribution < 1.29 is 9.53 Å². The topological polar surface area (TPSA) is 62.1 Å². The molecule has 4 nitrogen and oxygen atoms in total. The first-order valence-electron chi connectivity index (χ1n) is 4.61. The van der Waals surface area contributed by atoms with Crippen LogP contribution in [0.5, 0.6) is 0 Å². The second-order valence-corrected chi connectivity index (χ2v) is 3.54. The number of carbonyl (C=O) groups excluding carboxylic acids is 1. The Morgan fingerprint density at radius 3 is 3.15 bits per heavy atom. The zero-order valence-corrected chi connectivity index (χ0v) is 7.32. The van der Waals surface area contributed by atoms with Crippen molar-refractivity contribution in [3.63, 3.8) is 0 Å². The molecule has 1 aliphatic carbocycles. The molecule has 0 aromatic rings. The Hall–Kier alpha value is -1.08. The fraction of sp³-hybridized carbons (Fsp3) is 0.778. The van der Waals surface area contributed by atoms with E-state index in [4.69, 9.17) is 10.00 Å². The van der Waals surface area contributed by atoms with E-state index in [1.165, 1.54) is 0 Å². The molecule has 2 aliphatic rings. The first kappa shape index (κ1) is 8.52. The highest BCUT2D eigenvalue weighted by molar-refractivity contribution is 5.83. The fourth-order valence-electron chi connectivity index (χ4n) is 2.04. The highest BCUT2D eigenvalue weighted by atomic mass is 16.5. The minimum absolute atomic E-state index is 0.0153. The summed E-state index contributed by atoms with van der Waals surface area (Å²) in [4.78, 5) is 11.4. The van der Waals surface area contributed by atoms with Gasteiger partial charge >= 0.3 is 0 Å². The van der Waals surface area contributed by atoms with Crippen LogP contribution in [0.4, 0.5) is 0 Å². The summed E-state index contributed by atoms with van der Waals surface area (Å²) in [6.07, 6.45) is 2.30. The lowest BCUT2D eigenvalue weighted by Crippen LogP contribution is -2.26. The van der Waals surface area contributed by atoms with Crippen molar-refractivity contribution >= 4 is 5.91 Å². The second kappa shape index (κ2) is 3.35. The van der Waals surface area contributed by atoms with Crippen molar-refractivity contribution in [3.05, 3.63) is 0 Å². The Bertz CT molecular complexity index is 247. The van der Waals surface area contributed by atoms with Crippen LogP contribution in [0.2, 0.25) is 0 Å². The molecule has 70 valence electrons. The molecular weight excluding hydrogens is 168 g/mol. The summed E-state index contributed by atoms with van der Waals surface area (Å²) in [6, 6.07) is 1.89. The van der Waals surface area contributed by atoms with Crippen LogP contribution in [0.25, 0.3) is 0 Å². The smallest absolute Gasteiger partial charge is 0.226 e.